The van der Waals surface area contributed by atoms with Crippen molar-refractivity contribution >= 4 is 59.9 Å². The maximum Gasteiger partial charge on any atom is 0.188 e. The monoisotopic (exact) mass is 356 g/mol. The van der Waals surface area contributed by atoms with E-state index in [1.54, 1.807) is 0 Å². The van der Waals surface area contributed by atoms with E-state index in [9.17, 15) is 4.39 Å². The average molecular weight is 358 g/mol. The van der Waals surface area contributed by atoms with Gasteiger partial charge in [-0.1, -0.05) is 35.1 Å². The van der Waals surface area contributed by atoms with Crippen molar-refractivity contribution in [3.63, 3.8) is 0 Å². The van der Waals surface area contributed by atoms with Crippen LogP contribution in [0.2, 0.25) is 5.02 Å². The highest BCUT2D eigenvalue weighted by molar-refractivity contribution is 9.10. The van der Waals surface area contributed by atoms with Crippen molar-refractivity contribution in [1.82, 2.24) is 4.98 Å². The molecule has 0 unspecified atom stereocenters. The van der Waals surface area contributed by atoms with Crippen molar-refractivity contribution < 1.29 is 4.39 Å². The number of fused-ring (bicyclic) bond motifs is 1. The second-order valence-electron chi connectivity index (χ2n) is 3.86. The molecule has 0 atom stereocenters. The first-order valence-corrected chi connectivity index (χ1v) is 7.39. The molecule has 3 aromatic rings. The molecule has 0 fully saturated rings. The highest BCUT2D eigenvalue weighted by Gasteiger charge is 2.10. The minimum atomic E-state index is -0.383. The van der Waals surface area contributed by atoms with Crippen molar-refractivity contribution in [2.45, 2.75) is 0 Å². The van der Waals surface area contributed by atoms with E-state index in [0.29, 0.717) is 15.2 Å². The summed E-state index contributed by atoms with van der Waals surface area (Å²) in [5, 5.41) is 4.15. The molecule has 2 aromatic carbocycles. The number of anilines is 2. The standard InChI is InChI=1S/C13H7BrClFN2S/c14-8-5-7(16)6-9(15)12(8)18-13-17-10-3-1-2-4-11(10)19-13/h1-6H,(H,17,18). The number of halogens is 3. The zero-order valence-corrected chi connectivity index (χ0v) is 12.6. The van der Waals surface area contributed by atoms with Gasteiger partial charge in [-0.25, -0.2) is 9.37 Å². The van der Waals surface area contributed by atoms with E-state index >= 15 is 0 Å². The van der Waals surface area contributed by atoms with E-state index in [2.05, 4.69) is 26.2 Å². The van der Waals surface area contributed by atoms with E-state index in [-0.39, 0.29) is 5.82 Å². The van der Waals surface area contributed by atoms with Gasteiger partial charge in [0.1, 0.15) is 5.82 Å². The van der Waals surface area contributed by atoms with Crippen molar-refractivity contribution in [3.05, 3.63) is 51.7 Å². The van der Waals surface area contributed by atoms with Gasteiger partial charge in [0.25, 0.3) is 0 Å². The highest BCUT2D eigenvalue weighted by atomic mass is 79.9. The van der Waals surface area contributed by atoms with Gasteiger partial charge in [0, 0.05) is 4.47 Å². The van der Waals surface area contributed by atoms with Gasteiger partial charge in [0.05, 0.1) is 20.9 Å². The Hall–Kier alpha value is -1.17. The third-order valence-electron chi connectivity index (χ3n) is 2.53. The molecule has 1 heterocycles. The van der Waals surface area contributed by atoms with E-state index in [1.807, 2.05) is 24.3 Å². The Morgan fingerprint density at radius 1 is 1.26 bits per heavy atom. The van der Waals surface area contributed by atoms with Crippen LogP contribution < -0.4 is 5.32 Å². The van der Waals surface area contributed by atoms with Crippen LogP contribution in [0.3, 0.4) is 0 Å². The fourth-order valence-electron chi connectivity index (χ4n) is 1.69. The number of aromatic nitrogens is 1. The molecule has 0 bridgehead atoms. The number of hydrogen-bond donors (Lipinski definition) is 1. The fourth-order valence-corrected chi connectivity index (χ4v) is 3.46. The van der Waals surface area contributed by atoms with Gasteiger partial charge in [-0.2, -0.15) is 0 Å². The van der Waals surface area contributed by atoms with Crippen molar-refractivity contribution in [1.29, 1.82) is 0 Å². The van der Waals surface area contributed by atoms with Gasteiger partial charge in [0.15, 0.2) is 5.13 Å². The zero-order valence-electron chi connectivity index (χ0n) is 9.45. The van der Waals surface area contributed by atoms with Crippen LogP contribution >= 0.6 is 38.9 Å². The molecule has 1 N–H and O–H groups in total. The van der Waals surface area contributed by atoms with Crippen LogP contribution in [-0.2, 0) is 0 Å². The fraction of sp³-hybridized carbons (Fsp3) is 0. The topological polar surface area (TPSA) is 24.9 Å². The predicted octanol–water partition coefficient (Wildman–Crippen LogP) is 5.59. The zero-order chi connectivity index (χ0) is 13.4. The SMILES string of the molecule is Fc1cc(Cl)c(Nc2nc3ccccc3s2)c(Br)c1. The number of thiazole rings is 1. The van der Waals surface area contributed by atoms with Crippen LogP contribution in [0.1, 0.15) is 0 Å². The lowest BCUT2D eigenvalue weighted by atomic mass is 10.3. The largest absolute Gasteiger partial charge is 0.329 e. The first-order valence-electron chi connectivity index (χ1n) is 5.40. The lowest BCUT2D eigenvalue weighted by Gasteiger charge is -2.07. The van der Waals surface area contributed by atoms with Crippen LogP contribution in [-0.4, -0.2) is 4.98 Å². The van der Waals surface area contributed by atoms with Gasteiger partial charge in [0.2, 0.25) is 0 Å². The van der Waals surface area contributed by atoms with Crippen LogP contribution in [0.4, 0.5) is 15.2 Å². The molecule has 0 aliphatic heterocycles. The van der Waals surface area contributed by atoms with Gasteiger partial charge >= 0.3 is 0 Å². The molecule has 3 rings (SSSR count). The van der Waals surface area contributed by atoms with E-state index in [1.165, 1.54) is 23.5 Å². The lowest BCUT2D eigenvalue weighted by molar-refractivity contribution is 0.627. The molecular formula is C13H7BrClFN2S. The normalized spacial score (nSPS) is 10.9. The van der Waals surface area contributed by atoms with E-state index < -0.39 is 0 Å². The molecular weight excluding hydrogens is 351 g/mol. The van der Waals surface area contributed by atoms with E-state index in [4.69, 9.17) is 11.6 Å². The summed E-state index contributed by atoms with van der Waals surface area (Å²) in [6.07, 6.45) is 0. The first-order chi connectivity index (χ1) is 9.13. The number of nitrogens with zero attached hydrogens (tertiary/aromatic N) is 1. The van der Waals surface area contributed by atoms with Gasteiger partial charge < -0.3 is 5.32 Å². The first kappa shape index (κ1) is 12.8. The Morgan fingerprint density at radius 2 is 2.05 bits per heavy atom. The summed E-state index contributed by atoms with van der Waals surface area (Å²) >= 11 is 10.8. The molecule has 0 aliphatic rings. The van der Waals surface area contributed by atoms with Crippen LogP contribution in [0, 0.1) is 5.82 Å². The number of nitrogens with one attached hydrogen (secondary N) is 1. The number of para-hydroxylation sites is 1. The molecule has 96 valence electrons. The third kappa shape index (κ3) is 2.59. The Balaban J connectivity index is 2.01. The molecule has 1 aromatic heterocycles. The summed E-state index contributed by atoms with van der Waals surface area (Å²) in [5.41, 5.74) is 1.53. The number of rotatable bonds is 2. The summed E-state index contributed by atoms with van der Waals surface area (Å²) in [7, 11) is 0. The second kappa shape index (κ2) is 5.07. The number of hydrogen-bond acceptors (Lipinski definition) is 3. The highest BCUT2D eigenvalue weighted by Crippen LogP contribution is 2.36. The molecule has 19 heavy (non-hydrogen) atoms. The van der Waals surface area contributed by atoms with Crippen molar-refractivity contribution in [3.8, 4) is 0 Å². The summed E-state index contributed by atoms with van der Waals surface area (Å²) in [4.78, 5) is 4.45. The summed E-state index contributed by atoms with van der Waals surface area (Å²) in [6, 6.07) is 10.5. The molecule has 6 heteroatoms. The molecule has 0 radical (unpaired) electrons. The predicted molar refractivity (Wildman–Crippen MR) is 82.0 cm³/mol. The maximum atomic E-state index is 13.2. The quantitative estimate of drug-likeness (QED) is 0.646. The summed E-state index contributed by atoms with van der Waals surface area (Å²) < 4.78 is 14.8. The Labute approximate surface area is 126 Å². The Bertz CT molecular complexity index is 703. The molecule has 0 spiro atoms. The second-order valence-corrected chi connectivity index (χ2v) is 6.15. The van der Waals surface area contributed by atoms with E-state index in [0.717, 1.165) is 15.3 Å². The van der Waals surface area contributed by atoms with Gasteiger partial charge in [-0.05, 0) is 40.2 Å². The smallest absolute Gasteiger partial charge is 0.188 e. The van der Waals surface area contributed by atoms with Crippen LogP contribution in [0.15, 0.2) is 40.9 Å². The van der Waals surface area contributed by atoms with Crippen molar-refractivity contribution in [2.75, 3.05) is 5.32 Å². The molecule has 0 saturated heterocycles. The average Bonchev–Trinajstić information content (AvgIpc) is 2.76. The lowest BCUT2D eigenvalue weighted by Crippen LogP contribution is -1.92. The Morgan fingerprint density at radius 3 is 2.79 bits per heavy atom. The molecule has 0 saturated carbocycles. The minimum absolute atomic E-state index is 0.311. The van der Waals surface area contributed by atoms with Gasteiger partial charge in [-0.3, -0.25) is 0 Å². The molecule has 0 amide bonds. The molecule has 0 aliphatic carbocycles. The minimum Gasteiger partial charge on any atom is -0.329 e. The summed E-state index contributed by atoms with van der Waals surface area (Å²) in [5.74, 6) is -0.383. The third-order valence-corrected chi connectivity index (χ3v) is 4.41. The summed E-state index contributed by atoms with van der Waals surface area (Å²) in [6.45, 7) is 0. The van der Waals surface area contributed by atoms with Crippen molar-refractivity contribution in [2.24, 2.45) is 0 Å². The van der Waals surface area contributed by atoms with Crippen LogP contribution in [0.25, 0.3) is 10.2 Å². The Kier molecular flexibility index (Phi) is 3.43. The number of benzene rings is 2. The van der Waals surface area contributed by atoms with Gasteiger partial charge in [-0.15, -0.1) is 0 Å². The van der Waals surface area contributed by atoms with Crippen LogP contribution in [0.5, 0.6) is 0 Å². The maximum absolute atomic E-state index is 13.2. The molecule has 2 nitrogen and oxygen atoms in total.